The van der Waals surface area contributed by atoms with Crippen molar-refractivity contribution in [1.82, 2.24) is 23.6 Å². The Bertz CT molecular complexity index is 1660. The van der Waals surface area contributed by atoms with Gasteiger partial charge in [-0.3, -0.25) is 18.5 Å². The first-order chi connectivity index (χ1) is 18.2. The van der Waals surface area contributed by atoms with E-state index < -0.39 is 5.69 Å². The number of anilines is 2. The molecule has 0 aliphatic carbocycles. The molecule has 1 fully saturated rings. The molecule has 0 amide bonds. The lowest BCUT2D eigenvalue weighted by atomic mass is 10.1. The summed E-state index contributed by atoms with van der Waals surface area (Å²) in [6, 6.07) is 13.8. The van der Waals surface area contributed by atoms with Crippen LogP contribution in [0.4, 0.5) is 11.6 Å². The first-order valence-corrected chi connectivity index (χ1v) is 13.2. The third-order valence-electron chi connectivity index (χ3n) is 7.22. The third-order valence-corrected chi connectivity index (χ3v) is 7.95. The summed E-state index contributed by atoms with van der Waals surface area (Å²) in [5.41, 5.74) is 4.22. The lowest BCUT2D eigenvalue weighted by Crippen LogP contribution is -2.50. The summed E-state index contributed by atoms with van der Waals surface area (Å²) in [6.45, 7) is 7.19. The Morgan fingerprint density at radius 3 is 2.39 bits per heavy atom. The zero-order valence-corrected chi connectivity index (χ0v) is 23.4. The Hall–Kier alpha value is -3.63. The summed E-state index contributed by atoms with van der Waals surface area (Å²) in [7, 11) is 3.12. The zero-order chi connectivity index (χ0) is 27.1. The van der Waals surface area contributed by atoms with Gasteiger partial charge >= 0.3 is 5.69 Å². The molecule has 0 unspecified atom stereocenters. The minimum absolute atomic E-state index is 0.353. The molecular formula is C27H30ClN7O2S. The second-order valence-electron chi connectivity index (χ2n) is 9.67. The van der Waals surface area contributed by atoms with Gasteiger partial charge in [0.2, 0.25) is 5.95 Å². The van der Waals surface area contributed by atoms with Crippen LogP contribution in [0.2, 0.25) is 5.02 Å². The number of aryl methyl sites for hydroxylation is 3. The van der Waals surface area contributed by atoms with E-state index in [0.29, 0.717) is 60.0 Å². The minimum Gasteiger partial charge on any atom is -0.345 e. The van der Waals surface area contributed by atoms with Crippen LogP contribution in [0.3, 0.4) is 0 Å². The predicted octanol–water partition coefficient (Wildman–Crippen LogP) is 3.27. The fraction of sp³-hybridized carbons (Fsp3) is 0.333. The Morgan fingerprint density at radius 1 is 1.00 bits per heavy atom. The van der Waals surface area contributed by atoms with Crippen LogP contribution in [0.25, 0.3) is 11.2 Å². The van der Waals surface area contributed by atoms with Crippen molar-refractivity contribution >= 4 is 51.7 Å². The van der Waals surface area contributed by atoms with Gasteiger partial charge in [0.15, 0.2) is 16.3 Å². The van der Waals surface area contributed by atoms with Crippen LogP contribution in [0.1, 0.15) is 16.7 Å². The van der Waals surface area contributed by atoms with E-state index in [4.69, 9.17) is 28.8 Å². The number of hydrogen-bond donors (Lipinski definition) is 1. The Morgan fingerprint density at radius 2 is 1.71 bits per heavy atom. The molecule has 1 aliphatic heterocycles. The van der Waals surface area contributed by atoms with E-state index in [1.807, 2.05) is 34.9 Å². The van der Waals surface area contributed by atoms with E-state index in [1.165, 1.54) is 22.7 Å². The first-order valence-electron chi connectivity index (χ1n) is 12.4. The molecule has 2 aromatic heterocycles. The molecule has 1 aliphatic rings. The highest BCUT2D eigenvalue weighted by molar-refractivity contribution is 7.80. The van der Waals surface area contributed by atoms with E-state index in [2.05, 4.69) is 41.1 Å². The molecule has 11 heteroatoms. The molecule has 0 radical (unpaired) electrons. The number of halogens is 1. The number of piperazine rings is 1. The Balaban J connectivity index is 1.45. The van der Waals surface area contributed by atoms with Gasteiger partial charge < -0.3 is 15.1 Å². The van der Waals surface area contributed by atoms with Gasteiger partial charge in [-0.25, -0.2) is 4.79 Å². The van der Waals surface area contributed by atoms with Crippen molar-refractivity contribution in [2.75, 3.05) is 36.4 Å². The van der Waals surface area contributed by atoms with Gasteiger partial charge in [-0.15, -0.1) is 0 Å². The van der Waals surface area contributed by atoms with Crippen molar-refractivity contribution in [3.8, 4) is 0 Å². The maximum Gasteiger partial charge on any atom is 0.332 e. The Kier molecular flexibility index (Phi) is 7.02. The van der Waals surface area contributed by atoms with Crippen molar-refractivity contribution in [3.63, 3.8) is 0 Å². The van der Waals surface area contributed by atoms with Gasteiger partial charge in [0.25, 0.3) is 5.56 Å². The molecular weight excluding hydrogens is 522 g/mol. The standard InChI is InChI=1S/C27H30ClN7O2S/c1-17-9-10-20(15-18(17)2)29-26(38)34-13-11-33(12-14-34)25-30-23-22(24(36)32(4)27(37)31(23)3)35(25)16-19-7-5-6-8-21(19)28/h5-10,15H,11-14,16H2,1-4H3,(H,29,38). The molecule has 5 rings (SSSR count). The second kappa shape index (κ2) is 10.3. The number of nitrogens with one attached hydrogen (secondary N) is 1. The fourth-order valence-corrected chi connectivity index (χ4v) is 5.25. The van der Waals surface area contributed by atoms with Gasteiger partial charge in [0.1, 0.15) is 0 Å². The summed E-state index contributed by atoms with van der Waals surface area (Å²) in [6.07, 6.45) is 0. The maximum atomic E-state index is 13.3. The number of thiocarbonyl (C=S) groups is 1. The number of imidazole rings is 1. The molecule has 38 heavy (non-hydrogen) atoms. The van der Waals surface area contributed by atoms with E-state index in [1.54, 1.807) is 7.05 Å². The summed E-state index contributed by atoms with van der Waals surface area (Å²) >= 11 is 12.2. The number of hydrogen-bond acceptors (Lipinski definition) is 5. The molecule has 0 saturated carbocycles. The zero-order valence-electron chi connectivity index (χ0n) is 21.9. The highest BCUT2D eigenvalue weighted by Gasteiger charge is 2.27. The molecule has 0 atom stereocenters. The molecule has 198 valence electrons. The number of aromatic nitrogens is 4. The molecule has 0 spiro atoms. The van der Waals surface area contributed by atoms with Gasteiger partial charge in [-0.05, 0) is 61.0 Å². The van der Waals surface area contributed by atoms with Gasteiger partial charge in [-0.2, -0.15) is 4.98 Å². The SMILES string of the molecule is Cc1ccc(NC(=S)N2CCN(c3nc4c(c(=O)n(C)c(=O)n4C)n3Cc3ccccc3Cl)CC2)cc1C. The number of nitrogens with zero attached hydrogens (tertiary/aromatic N) is 6. The van der Waals surface area contributed by atoms with Crippen LogP contribution < -0.4 is 21.5 Å². The molecule has 4 aromatic rings. The summed E-state index contributed by atoms with van der Waals surface area (Å²) < 4.78 is 4.41. The monoisotopic (exact) mass is 551 g/mol. The summed E-state index contributed by atoms with van der Waals surface area (Å²) in [4.78, 5) is 35.0. The molecule has 0 bridgehead atoms. The number of fused-ring (bicyclic) bond motifs is 1. The molecule has 2 aromatic carbocycles. The summed E-state index contributed by atoms with van der Waals surface area (Å²) in [5, 5.41) is 4.64. The van der Waals surface area contributed by atoms with Crippen LogP contribution >= 0.6 is 23.8 Å². The highest BCUT2D eigenvalue weighted by Crippen LogP contribution is 2.25. The highest BCUT2D eigenvalue weighted by atomic mass is 35.5. The maximum absolute atomic E-state index is 13.3. The fourth-order valence-electron chi connectivity index (χ4n) is 4.75. The molecule has 1 saturated heterocycles. The molecule has 3 heterocycles. The number of rotatable bonds is 4. The van der Waals surface area contributed by atoms with E-state index in [9.17, 15) is 9.59 Å². The van der Waals surface area contributed by atoms with Gasteiger partial charge in [-0.1, -0.05) is 35.9 Å². The van der Waals surface area contributed by atoms with Crippen LogP contribution in [0.15, 0.2) is 52.1 Å². The van der Waals surface area contributed by atoms with Crippen LogP contribution in [0.5, 0.6) is 0 Å². The smallest absolute Gasteiger partial charge is 0.332 e. The average molecular weight is 552 g/mol. The largest absolute Gasteiger partial charge is 0.345 e. The van der Waals surface area contributed by atoms with Crippen LogP contribution in [-0.4, -0.2) is 54.9 Å². The van der Waals surface area contributed by atoms with Gasteiger partial charge in [0.05, 0.1) is 6.54 Å². The molecule has 1 N–H and O–H groups in total. The predicted molar refractivity (Wildman–Crippen MR) is 157 cm³/mol. The van der Waals surface area contributed by atoms with Crippen molar-refractivity contribution in [2.24, 2.45) is 14.1 Å². The first kappa shape index (κ1) is 26.0. The summed E-state index contributed by atoms with van der Waals surface area (Å²) in [5.74, 6) is 0.630. The molecule has 9 nitrogen and oxygen atoms in total. The lowest BCUT2D eigenvalue weighted by Gasteiger charge is -2.36. The van der Waals surface area contributed by atoms with Crippen molar-refractivity contribution in [1.29, 1.82) is 0 Å². The van der Waals surface area contributed by atoms with Crippen LogP contribution in [-0.2, 0) is 20.6 Å². The van der Waals surface area contributed by atoms with Crippen molar-refractivity contribution in [2.45, 2.75) is 20.4 Å². The van der Waals surface area contributed by atoms with Crippen molar-refractivity contribution < 1.29 is 0 Å². The lowest BCUT2D eigenvalue weighted by molar-refractivity contribution is 0.386. The van der Waals surface area contributed by atoms with Gasteiger partial charge in [0, 0.05) is 51.0 Å². The third kappa shape index (κ3) is 4.69. The average Bonchev–Trinajstić information content (AvgIpc) is 3.29. The quantitative estimate of drug-likeness (QED) is 0.390. The normalized spacial score (nSPS) is 13.8. The Labute approximate surface area is 230 Å². The number of benzene rings is 2. The van der Waals surface area contributed by atoms with Crippen LogP contribution in [0, 0.1) is 13.8 Å². The minimum atomic E-state index is -0.413. The van der Waals surface area contributed by atoms with E-state index in [-0.39, 0.29) is 5.56 Å². The topological polar surface area (TPSA) is 80.3 Å². The van der Waals surface area contributed by atoms with E-state index >= 15 is 0 Å². The van der Waals surface area contributed by atoms with Crippen molar-refractivity contribution in [3.05, 3.63) is 85.0 Å². The second-order valence-corrected chi connectivity index (χ2v) is 10.5. The van der Waals surface area contributed by atoms with E-state index in [0.717, 1.165) is 15.8 Å².